The Hall–Kier alpha value is -2.11. The zero-order valence-electron chi connectivity index (χ0n) is 15.5. The molecule has 1 saturated heterocycles. The van der Waals surface area contributed by atoms with Crippen molar-refractivity contribution < 1.29 is 9.59 Å². The molecule has 2 rings (SSSR count). The van der Waals surface area contributed by atoms with Crippen molar-refractivity contribution in [3.8, 4) is 0 Å². The highest BCUT2D eigenvalue weighted by molar-refractivity contribution is 5.93. The van der Waals surface area contributed by atoms with Crippen molar-refractivity contribution in [1.29, 1.82) is 0 Å². The number of rotatable bonds is 6. The lowest BCUT2D eigenvalue weighted by molar-refractivity contribution is -0.125. The number of nitrogens with zero attached hydrogens (tertiary/aromatic N) is 2. The fourth-order valence-corrected chi connectivity index (χ4v) is 3.32. The van der Waals surface area contributed by atoms with E-state index in [1.807, 2.05) is 13.8 Å². The van der Waals surface area contributed by atoms with Crippen LogP contribution in [0.3, 0.4) is 0 Å². The second-order valence-electron chi connectivity index (χ2n) is 6.83. The van der Waals surface area contributed by atoms with E-state index in [0.717, 1.165) is 25.7 Å². The normalized spacial score (nSPS) is 15.4. The molecule has 1 N–H and O–H groups in total. The van der Waals surface area contributed by atoms with E-state index < -0.39 is 0 Å². The fraction of sp³-hybridized carbons (Fsp3) is 0.632. The summed E-state index contributed by atoms with van der Waals surface area (Å²) < 4.78 is 1.42. The molecule has 138 valence electrons. The van der Waals surface area contributed by atoms with Crippen molar-refractivity contribution >= 4 is 11.8 Å². The van der Waals surface area contributed by atoms with Gasteiger partial charge in [0.1, 0.15) is 5.56 Å². The molecule has 1 aliphatic heterocycles. The second-order valence-corrected chi connectivity index (χ2v) is 6.83. The molecule has 0 atom stereocenters. The molecule has 0 radical (unpaired) electrons. The van der Waals surface area contributed by atoms with E-state index in [9.17, 15) is 14.4 Å². The van der Waals surface area contributed by atoms with Gasteiger partial charge in [-0.2, -0.15) is 0 Å². The van der Waals surface area contributed by atoms with E-state index in [2.05, 4.69) is 5.32 Å². The molecule has 6 nitrogen and oxygen atoms in total. The topological polar surface area (TPSA) is 71.4 Å². The highest BCUT2D eigenvalue weighted by Crippen LogP contribution is 2.18. The number of carbonyl (C=O) groups excluding carboxylic acids is 2. The molecule has 0 aliphatic carbocycles. The Labute approximate surface area is 149 Å². The molecule has 6 heteroatoms. The van der Waals surface area contributed by atoms with Crippen LogP contribution in [0.4, 0.5) is 0 Å². The zero-order valence-corrected chi connectivity index (χ0v) is 15.5. The highest BCUT2D eigenvalue weighted by atomic mass is 16.2. The number of amides is 2. The summed E-state index contributed by atoms with van der Waals surface area (Å²) in [6, 6.07) is 3.31. The Balaban J connectivity index is 1.85. The van der Waals surface area contributed by atoms with Gasteiger partial charge in [0.15, 0.2) is 0 Å². The minimum absolute atomic E-state index is 0.0935. The Kier molecular flexibility index (Phi) is 6.79. The summed E-state index contributed by atoms with van der Waals surface area (Å²) in [5.41, 5.74) is -0.0300. The van der Waals surface area contributed by atoms with Gasteiger partial charge < -0.3 is 14.8 Å². The van der Waals surface area contributed by atoms with E-state index in [4.69, 9.17) is 0 Å². The van der Waals surface area contributed by atoms with Crippen LogP contribution in [0.1, 0.15) is 49.9 Å². The summed E-state index contributed by atoms with van der Waals surface area (Å²) in [5.74, 6) is 0.425. The fourth-order valence-electron chi connectivity index (χ4n) is 3.32. The number of aromatic nitrogens is 1. The van der Waals surface area contributed by atoms with Gasteiger partial charge in [-0.25, -0.2) is 0 Å². The van der Waals surface area contributed by atoms with Gasteiger partial charge in [0.25, 0.3) is 11.5 Å². The van der Waals surface area contributed by atoms with Crippen molar-refractivity contribution in [3.63, 3.8) is 0 Å². The molecule has 1 aromatic heterocycles. The summed E-state index contributed by atoms with van der Waals surface area (Å²) in [5, 5.41) is 3.05. The van der Waals surface area contributed by atoms with Gasteiger partial charge in [-0.3, -0.25) is 14.4 Å². The van der Waals surface area contributed by atoms with Crippen molar-refractivity contribution in [2.75, 3.05) is 19.6 Å². The van der Waals surface area contributed by atoms with Crippen LogP contribution in [-0.2, 0) is 11.8 Å². The molecule has 2 amide bonds. The first-order valence-electron chi connectivity index (χ1n) is 9.20. The first kappa shape index (κ1) is 19.2. The predicted molar refractivity (Wildman–Crippen MR) is 97.4 cm³/mol. The predicted octanol–water partition coefficient (Wildman–Crippen LogP) is 1.79. The third-order valence-corrected chi connectivity index (χ3v) is 5.18. The third kappa shape index (κ3) is 4.71. The van der Waals surface area contributed by atoms with Gasteiger partial charge in [0.2, 0.25) is 5.91 Å². The summed E-state index contributed by atoms with van der Waals surface area (Å²) in [4.78, 5) is 38.4. The number of carbonyl (C=O) groups is 2. The summed E-state index contributed by atoms with van der Waals surface area (Å²) in [7, 11) is 1.65. The van der Waals surface area contributed by atoms with E-state index in [1.165, 1.54) is 4.57 Å². The van der Waals surface area contributed by atoms with E-state index in [-0.39, 0.29) is 28.9 Å². The molecule has 2 heterocycles. The van der Waals surface area contributed by atoms with Crippen molar-refractivity contribution in [3.05, 3.63) is 34.2 Å². The van der Waals surface area contributed by atoms with E-state index in [1.54, 1.807) is 30.3 Å². The van der Waals surface area contributed by atoms with E-state index >= 15 is 0 Å². The smallest absolute Gasteiger partial charge is 0.263 e. The number of hydrogen-bond donors (Lipinski definition) is 1. The second kappa shape index (κ2) is 8.83. The minimum Gasteiger partial charge on any atom is -0.356 e. The van der Waals surface area contributed by atoms with Crippen LogP contribution in [-0.4, -0.2) is 40.9 Å². The first-order valence-corrected chi connectivity index (χ1v) is 9.20. The maximum Gasteiger partial charge on any atom is 0.263 e. The SMILES string of the molecule is CCC(CC)C(=O)NCC1CCN(C(=O)c2cccn(C)c2=O)CC1. The summed E-state index contributed by atoms with van der Waals surface area (Å²) in [6.07, 6.45) is 5.07. The quantitative estimate of drug-likeness (QED) is 0.853. The molecule has 0 bridgehead atoms. The third-order valence-electron chi connectivity index (χ3n) is 5.18. The Morgan fingerprint density at radius 1 is 1.24 bits per heavy atom. The molecule has 1 aromatic rings. The minimum atomic E-state index is -0.257. The first-order chi connectivity index (χ1) is 12.0. The molecule has 0 aromatic carbocycles. The number of nitrogens with one attached hydrogen (secondary N) is 1. The molecule has 25 heavy (non-hydrogen) atoms. The number of aryl methyl sites for hydroxylation is 1. The maximum atomic E-state index is 12.6. The maximum absolute atomic E-state index is 12.6. The van der Waals surface area contributed by atoms with Crippen LogP contribution < -0.4 is 10.9 Å². The van der Waals surface area contributed by atoms with Crippen LogP contribution in [0.25, 0.3) is 0 Å². The summed E-state index contributed by atoms with van der Waals surface area (Å²) in [6.45, 7) is 5.99. The molecule has 1 fully saturated rings. The number of hydrogen-bond acceptors (Lipinski definition) is 3. The molecule has 0 spiro atoms. The lowest BCUT2D eigenvalue weighted by Gasteiger charge is -2.32. The largest absolute Gasteiger partial charge is 0.356 e. The lowest BCUT2D eigenvalue weighted by Crippen LogP contribution is -2.43. The van der Waals surface area contributed by atoms with Crippen LogP contribution in [0, 0.1) is 11.8 Å². The Morgan fingerprint density at radius 3 is 2.48 bits per heavy atom. The lowest BCUT2D eigenvalue weighted by atomic mass is 9.95. The van der Waals surface area contributed by atoms with Gasteiger partial charge in [0.05, 0.1) is 0 Å². The number of pyridine rings is 1. The summed E-state index contributed by atoms with van der Waals surface area (Å²) >= 11 is 0. The Bertz CT molecular complexity index is 656. The van der Waals surface area contributed by atoms with Gasteiger partial charge in [-0.1, -0.05) is 13.8 Å². The Morgan fingerprint density at radius 2 is 1.88 bits per heavy atom. The highest BCUT2D eigenvalue weighted by Gasteiger charge is 2.26. The number of piperidine rings is 1. The van der Waals surface area contributed by atoms with Gasteiger partial charge in [0, 0.05) is 38.8 Å². The van der Waals surface area contributed by atoms with Gasteiger partial charge in [-0.05, 0) is 43.7 Å². The number of likely N-dealkylation sites (tertiary alicyclic amines) is 1. The van der Waals surface area contributed by atoms with Crippen LogP contribution >= 0.6 is 0 Å². The molecular formula is C19H29N3O3. The average molecular weight is 347 g/mol. The average Bonchev–Trinajstić information content (AvgIpc) is 2.63. The van der Waals surface area contributed by atoms with Gasteiger partial charge >= 0.3 is 0 Å². The standard InChI is InChI=1S/C19H29N3O3/c1-4-15(5-2)17(23)20-13-14-8-11-22(12-9-14)19(25)16-7-6-10-21(3)18(16)24/h6-7,10,14-15H,4-5,8-9,11-13H2,1-3H3,(H,20,23). The monoisotopic (exact) mass is 347 g/mol. The molecule has 1 aliphatic rings. The molecular weight excluding hydrogens is 318 g/mol. The zero-order chi connectivity index (χ0) is 18.4. The van der Waals surface area contributed by atoms with Crippen LogP contribution in [0.2, 0.25) is 0 Å². The van der Waals surface area contributed by atoms with Gasteiger partial charge in [-0.15, -0.1) is 0 Å². The van der Waals surface area contributed by atoms with Crippen molar-refractivity contribution in [2.45, 2.75) is 39.5 Å². The molecule has 0 unspecified atom stereocenters. The van der Waals surface area contributed by atoms with Crippen LogP contribution in [0.15, 0.2) is 23.1 Å². The van der Waals surface area contributed by atoms with Crippen LogP contribution in [0.5, 0.6) is 0 Å². The molecule has 0 saturated carbocycles. The van der Waals surface area contributed by atoms with E-state index in [0.29, 0.717) is 25.6 Å². The van der Waals surface area contributed by atoms with Crippen molar-refractivity contribution in [2.24, 2.45) is 18.9 Å². The van der Waals surface area contributed by atoms with Crippen molar-refractivity contribution in [1.82, 2.24) is 14.8 Å².